The van der Waals surface area contributed by atoms with Gasteiger partial charge >= 0.3 is 0 Å². The van der Waals surface area contributed by atoms with E-state index < -0.39 is 0 Å². The fraction of sp³-hybridized carbons (Fsp3) is 0.115. The van der Waals surface area contributed by atoms with Gasteiger partial charge in [0.2, 0.25) is 0 Å². The number of para-hydroxylation sites is 2. The smallest absolute Gasteiger partial charge is 0.251 e. The van der Waals surface area contributed by atoms with Gasteiger partial charge in [-0.3, -0.25) is 10.2 Å². The average Bonchev–Trinajstić information content (AvgIpc) is 3.42. The fourth-order valence-electron chi connectivity index (χ4n) is 3.92. The number of ether oxygens (including phenoxy) is 1. The number of methoxy groups -OCH3 is 1. The minimum absolute atomic E-state index is 0.114. The van der Waals surface area contributed by atoms with Crippen molar-refractivity contribution in [3.8, 4) is 5.75 Å². The number of rotatable bonds is 6. The Morgan fingerprint density at radius 1 is 1.12 bits per heavy atom. The van der Waals surface area contributed by atoms with Crippen LogP contribution >= 0.6 is 11.3 Å². The van der Waals surface area contributed by atoms with E-state index in [-0.39, 0.29) is 24.0 Å². The number of anilines is 1. The zero-order valence-corrected chi connectivity index (χ0v) is 19.2. The van der Waals surface area contributed by atoms with Crippen LogP contribution in [0.25, 0.3) is 15.8 Å². The molecule has 2 heterocycles. The first-order chi connectivity index (χ1) is 16.5. The van der Waals surface area contributed by atoms with Crippen molar-refractivity contribution >= 4 is 44.6 Å². The predicted octanol–water partition coefficient (Wildman–Crippen LogP) is 5.00. The maximum absolute atomic E-state index is 12.6. The van der Waals surface area contributed by atoms with Gasteiger partial charge in [0, 0.05) is 23.4 Å². The highest BCUT2D eigenvalue weighted by atomic mass is 32.1. The monoisotopic (exact) mass is 470 g/mol. The standard InChI is InChI=1S/C26H22N4O3S/c1-33-21-8-4-2-6-17(21)14-28-25(32)16-10-12-18(13-11-16)30-15-20(31)23(24(30)27)26-29-19-7-3-5-9-22(19)34-26/h2-13,27,31H,14-15H2,1H3,(H,28,32). The number of thiazole rings is 1. The maximum Gasteiger partial charge on any atom is 0.251 e. The number of hydrogen-bond donors (Lipinski definition) is 3. The Morgan fingerprint density at radius 2 is 1.85 bits per heavy atom. The van der Waals surface area contributed by atoms with Crippen molar-refractivity contribution in [2.24, 2.45) is 0 Å². The van der Waals surface area contributed by atoms with Gasteiger partial charge in [-0.2, -0.15) is 0 Å². The fourth-order valence-corrected chi connectivity index (χ4v) is 4.96. The zero-order valence-electron chi connectivity index (χ0n) is 18.4. The Morgan fingerprint density at radius 3 is 2.62 bits per heavy atom. The van der Waals surface area contributed by atoms with Gasteiger partial charge in [-0.25, -0.2) is 4.98 Å². The Labute approximate surface area is 200 Å². The summed E-state index contributed by atoms with van der Waals surface area (Å²) in [7, 11) is 1.60. The van der Waals surface area contributed by atoms with Crippen LogP contribution in [-0.4, -0.2) is 35.5 Å². The lowest BCUT2D eigenvalue weighted by atomic mass is 10.1. The van der Waals surface area contributed by atoms with Gasteiger partial charge in [0.05, 0.1) is 29.4 Å². The second kappa shape index (κ2) is 8.99. The van der Waals surface area contributed by atoms with E-state index in [2.05, 4.69) is 10.3 Å². The number of fused-ring (bicyclic) bond motifs is 1. The largest absolute Gasteiger partial charge is 0.510 e. The molecule has 0 unspecified atom stereocenters. The van der Waals surface area contributed by atoms with Crippen molar-refractivity contribution in [1.82, 2.24) is 10.3 Å². The molecular formula is C26H22N4O3S. The Bertz CT molecular complexity index is 1390. The summed E-state index contributed by atoms with van der Waals surface area (Å²) in [6.45, 7) is 0.536. The lowest BCUT2D eigenvalue weighted by Crippen LogP contribution is -2.26. The molecule has 1 aliphatic heterocycles. The van der Waals surface area contributed by atoms with E-state index in [9.17, 15) is 9.90 Å². The Balaban J connectivity index is 1.29. The van der Waals surface area contributed by atoms with E-state index in [4.69, 9.17) is 10.1 Å². The zero-order chi connectivity index (χ0) is 23.7. The molecule has 4 aromatic rings. The number of aliphatic hydroxyl groups is 1. The number of aliphatic hydroxyl groups excluding tert-OH is 1. The molecule has 0 spiro atoms. The second-order valence-electron chi connectivity index (χ2n) is 7.78. The second-order valence-corrected chi connectivity index (χ2v) is 8.82. The first-order valence-electron chi connectivity index (χ1n) is 10.7. The highest BCUT2D eigenvalue weighted by Crippen LogP contribution is 2.35. The number of nitrogens with zero attached hydrogens (tertiary/aromatic N) is 2. The molecule has 7 nitrogen and oxygen atoms in total. The summed E-state index contributed by atoms with van der Waals surface area (Å²) in [4.78, 5) is 18.9. The molecule has 0 saturated heterocycles. The van der Waals surface area contributed by atoms with Gasteiger partial charge in [-0.1, -0.05) is 30.3 Å². The van der Waals surface area contributed by atoms with Crippen molar-refractivity contribution in [2.45, 2.75) is 6.54 Å². The van der Waals surface area contributed by atoms with Crippen LogP contribution in [0.3, 0.4) is 0 Å². The molecule has 0 saturated carbocycles. The number of hydrogen-bond acceptors (Lipinski definition) is 6. The van der Waals surface area contributed by atoms with Crippen LogP contribution in [-0.2, 0) is 6.54 Å². The first-order valence-corrected chi connectivity index (χ1v) is 11.5. The van der Waals surface area contributed by atoms with Crippen LogP contribution in [0, 0.1) is 5.41 Å². The molecule has 1 amide bonds. The third-order valence-corrected chi connectivity index (χ3v) is 6.74. The molecule has 5 rings (SSSR count). The van der Waals surface area contributed by atoms with E-state index in [1.165, 1.54) is 11.3 Å². The molecule has 1 aromatic heterocycles. The molecule has 0 bridgehead atoms. The predicted molar refractivity (Wildman–Crippen MR) is 135 cm³/mol. The van der Waals surface area contributed by atoms with Crippen molar-refractivity contribution in [2.75, 3.05) is 18.6 Å². The summed E-state index contributed by atoms with van der Waals surface area (Å²) in [5.74, 6) is 0.819. The molecule has 8 heteroatoms. The number of nitrogens with one attached hydrogen (secondary N) is 2. The summed E-state index contributed by atoms with van der Waals surface area (Å²) in [5.41, 5.74) is 3.41. The molecule has 3 aromatic carbocycles. The molecule has 170 valence electrons. The van der Waals surface area contributed by atoms with Crippen LogP contribution in [0.2, 0.25) is 0 Å². The average molecular weight is 471 g/mol. The molecule has 1 aliphatic rings. The van der Waals surface area contributed by atoms with Gasteiger partial charge in [0.1, 0.15) is 22.4 Å². The van der Waals surface area contributed by atoms with Crippen LogP contribution in [0.4, 0.5) is 5.69 Å². The third-order valence-electron chi connectivity index (χ3n) is 5.68. The van der Waals surface area contributed by atoms with Gasteiger partial charge in [-0.05, 0) is 42.5 Å². The number of benzene rings is 3. The lowest BCUT2D eigenvalue weighted by molar-refractivity contribution is 0.0950. The van der Waals surface area contributed by atoms with Gasteiger partial charge < -0.3 is 20.1 Å². The Hall–Kier alpha value is -4.17. The quantitative estimate of drug-likeness (QED) is 0.368. The first kappa shape index (κ1) is 21.7. The van der Waals surface area contributed by atoms with E-state index in [1.807, 2.05) is 48.5 Å². The molecule has 0 aliphatic carbocycles. The highest BCUT2D eigenvalue weighted by molar-refractivity contribution is 7.19. The number of amides is 1. The van der Waals surface area contributed by atoms with Crippen molar-refractivity contribution in [1.29, 1.82) is 5.41 Å². The molecular weight excluding hydrogens is 448 g/mol. The highest BCUT2D eigenvalue weighted by Gasteiger charge is 2.31. The van der Waals surface area contributed by atoms with E-state index in [0.29, 0.717) is 28.4 Å². The Kier molecular flexibility index (Phi) is 5.73. The molecule has 34 heavy (non-hydrogen) atoms. The van der Waals surface area contributed by atoms with E-state index >= 15 is 0 Å². The molecule has 0 fully saturated rings. The van der Waals surface area contributed by atoms with Crippen LogP contribution in [0.5, 0.6) is 5.75 Å². The number of aromatic nitrogens is 1. The molecule has 0 radical (unpaired) electrons. The number of carbonyl (C=O) groups excluding carboxylic acids is 1. The van der Waals surface area contributed by atoms with Crippen molar-refractivity contribution < 1.29 is 14.6 Å². The van der Waals surface area contributed by atoms with Crippen molar-refractivity contribution in [3.05, 3.63) is 94.7 Å². The van der Waals surface area contributed by atoms with Gasteiger partial charge in [0.25, 0.3) is 5.91 Å². The summed E-state index contributed by atoms with van der Waals surface area (Å²) in [6.07, 6.45) is 0. The third kappa shape index (κ3) is 3.99. The molecule has 3 N–H and O–H groups in total. The number of carbonyl (C=O) groups is 1. The minimum Gasteiger partial charge on any atom is -0.510 e. The number of amidine groups is 1. The SMILES string of the molecule is COc1ccccc1CNC(=O)c1ccc(N2CC(O)=C(c3nc4ccccc4s3)C2=N)cc1. The maximum atomic E-state index is 12.6. The summed E-state index contributed by atoms with van der Waals surface area (Å²) >= 11 is 1.45. The van der Waals surface area contributed by atoms with Crippen LogP contribution in [0.1, 0.15) is 20.9 Å². The summed E-state index contributed by atoms with van der Waals surface area (Å²) in [6, 6.07) is 22.3. The van der Waals surface area contributed by atoms with Gasteiger partial charge in [0.15, 0.2) is 0 Å². The van der Waals surface area contributed by atoms with E-state index in [1.54, 1.807) is 36.3 Å². The van der Waals surface area contributed by atoms with Crippen molar-refractivity contribution in [3.63, 3.8) is 0 Å². The lowest BCUT2D eigenvalue weighted by Gasteiger charge is -2.19. The van der Waals surface area contributed by atoms with Gasteiger partial charge in [-0.15, -0.1) is 11.3 Å². The summed E-state index contributed by atoms with van der Waals surface area (Å²) in [5, 5.41) is 22.8. The molecule has 0 atom stereocenters. The van der Waals surface area contributed by atoms with E-state index in [0.717, 1.165) is 21.5 Å². The summed E-state index contributed by atoms with van der Waals surface area (Å²) < 4.78 is 6.33. The van der Waals surface area contributed by atoms with Crippen LogP contribution < -0.4 is 15.0 Å². The topological polar surface area (TPSA) is 98.5 Å². The normalized spacial score (nSPS) is 13.6. The van der Waals surface area contributed by atoms with Crippen LogP contribution in [0.15, 0.2) is 78.6 Å². The minimum atomic E-state index is -0.204.